The lowest BCUT2D eigenvalue weighted by Crippen LogP contribution is -2.40. The number of rotatable bonds is 9. The number of carbonyl (C=O) groups excluding carboxylic acids is 1. The van der Waals surface area contributed by atoms with Crippen molar-refractivity contribution >= 4 is 23.4 Å². The van der Waals surface area contributed by atoms with Gasteiger partial charge in [-0.2, -0.15) is 0 Å². The standard InChI is InChI=1S/C18H23N3O2S/c1-3-16(21-14-7-6-8-15(13-14)23-2)18(22)20-11-12-24-17-9-4-5-10-19-17/h4-10,13,16,21H,3,11-12H2,1-2H3,(H,20,22)/t16-/m0/s1. The third kappa shape index (κ3) is 5.77. The highest BCUT2D eigenvalue weighted by Crippen LogP contribution is 2.18. The molecule has 128 valence electrons. The van der Waals surface area contributed by atoms with E-state index in [2.05, 4.69) is 15.6 Å². The molecule has 0 spiro atoms. The molecular formula is C18H23N3O2S. The molecule has 0 aliphatic carbocycles. The Hall–Kier alpha value is -2.21. The topological polar surface area (TPSA) is 63.2 Å². The number of nitrogens with zero attached hydrogens (tertiary/aromatic N) is 1. The van der Waals surface area contributed by atoms with Crippen molar-refractivity contribution in [2.24, 2.45) is 0 Å². The third-order valence-corrected chi connectivity index (χ3v) is 4.37. The van der Waals surface area contributed by atoms with Crippen molar-refractivity contribution in [3.63, 3.8) is 0 Å². The first-order chi connectivity index (χ1) is 11.7. The van der Waals surface area contributed by atoms with Gasteiger partial charge in [-0.05, 0) is 30.7 Å². The summed E-state index contributed by atoms with van der Waals surface area (Å²) in [6, 6.07) is 13.1. The Morgan fingerprint density at radius 2 is 2.17 bits per heavy atom. The molecule has 1 atom stereocenters. The van der Waals surface area contributed by atoms with Crippen molar-refractivity contribution in [3.8, 4) is 5.75 Å². The Morgan fingerprint density at radius 1 is 1.29 bits per heavy atom. The zero-order chi connectivity index (χ0) is 17.2. The molecule has 2 rings (SSSR count). The number of ether oxygens (including phenoxy) is 1. The second kappa shape index (κ2) is 9.82. The van der Waals surface area contributed by atoms with E-state index in [4.69, 9.17) is 4.74 Å². The van der Waals surface area contributed by atoms with Crippen LogP contribution in [-0.2, 0) is 4.79 Å². The zero-order valence-corrected chi connectivity index (χ0v) is 14.8. The quantitative estimate of drug-likeness (QED) is 0.540. The zero-order valence-electron chi connectivity index (χ0n) is 14.0. The minimum absolute atomic E-state index is 0.00180. The largest absolute Gasteiger partial charge is 0.497 e. The van der Waals surface area contributed by atoms with Crippen molar-refractivity contribution in [3.05, 3.63) is 48.7 Å². The summed E-state index contributed by atoms with van der Waals surface area (Å²) in [5.74, 6) is 1.56. The molecule has 0 saturated heterocycles. The van der Waals surface area contributed by atoms with Crippen LogP contribution in [0, 0.1) is 0 Å². The molecular weight excluding hydrogens is 322 g/mol. The number of anilines is 1. The molecule has 1 heterocycles. The van der Waals surface area contributed by atoms with Crippen LogP contribution >= 0.6 is 11.8 Å². The summed E-state index contributed by atoms with van der Waals surface area (Å²) in [6.07, 6.45) is 2.47. The number of carbonyl (C=O) groups is 1. The number of pyridine rings is 1. The maximum atomic E-state index is 12.3. The normalized spacial score (nSPS) is 11.6. The van der Waals surface area contributed by atoms with E-state index in [9.17, 15) is 4.79 Å². The number of hydrogen-bond donors (Lipinski definition) is 2. The molecule has 6 heteroatoms. The van der Waals surface area contributed by atoms with Crippen LogP contribution in [0.15, 0.2) is 53.7 Å². The van der Waals surface area contributed by atoms with Gasteiger partial charge >= 0.3 is 0 Å². The molecule has 0 bridgehead atoms. The molecule has 0 aliphatic heterocycles. The van der Waals surface area contributed by atoms with Crippen LogP contribution < -0.4 is 15.4 Å². The molecule has 2 aromatic rings. The van der Waals surface area contributed by atoms with Crippen molar-refractivity contribution in [2.45, 2.75) is 24.4 Å². The minimum Gasteiger partial charge on any atom is -0.497 e. The van der Waals surface area contributed by atoms with Crippen molar-refractivity contribution in [2.75, 3.05) is 24.7 Å². The van der Waals surface area contributed by atoms with Gasteiger partial charge in [0.05, 0.1) is 12.1 Å². The summed E-state index contributed by atoms with van der Waals surface area (Å²) in [4.78, 5) is 16.6. The van der Waals surface area contributed by atoms with Crippen molar-refractivity contribution < 1.29 is 9.53 Å². The third-order valence-electron chi connectivity index (χ3n) is 3.42. The fraction of sp³-hybridized carbons (Fsp3) is 0.333. The van der Waals surface area contributed by atoms with Gasteiger partial charge < -0.3 is 15.4 Å². The summed E-state index contributed by atoms with van der Waals surface area (Å²) < 4.78 is 5.20. The first-order valence-corrected chi connectivity index (χ1v) is 8.93. The molecule has 0 aliphatic rings. The van der Waals surface area contributed by atoms with E-state index in [-0.39, 0.29) is 11.9 Å². The highest BCUT2D eigenvalue weighted by Gasteiger charge is 2.15. The first kappa shape index (κ1) is 18.1. The predicted molar refractivity (Wildman–Crippen MR) is 98.7 cm³/mol. The highest BCUT2D eigenvalue weighted by molar-refractivity contribution is 7.99. The number of thioether (sulfide) groups is 1. The fourth-order valence-electron chi connectivity index (χ4n) is 2.15. The number of benzene rings is 1. The van der Waals surface area contributed by atoms with Gasteiger partial charge in [-0.3, -0.25) is 4.79 Å². The molecule has 1 aromatic heterocycles. The second-order valence-corrected chi connectivity index (χ2v) is 6.26. The maximum absolute atomic E-state index is 12.3. The van der Waals surface area contributed by atoms with Crippen LogP contribution in [-0.4, -0.2) is 36.3 Å². The van der Waals surface area contributed by atoms with E-state index in [1.807, 2.05) is 49.4 Å². The average Bonchev–Trinajstić information content (AvgIpc) is 2.64. The molecule has 5 nitrogen and oxygen atoms in total. The highest BCUT2D eigenvalue weighted by atomic mass is 32.2. The van der Waals surface area contributed by atoms with Gasteiger partial charge in [0.15, 0.2) is 0 Å². The van der Waals surface area contributed by atoms with Gasteiger partial charge in [-0.25, -0.2) is 4.98 Å². The van der Waals surface area contributed by atoms with E-state index in [0.29, 0.717) is 13.0 Å². The van der Waals surface area contributed by atoms with E-state index in [1.54, 1.807) is 25.1 Å². The van der Waals surface area contributed by atoms with Crippen LogP contribution in [0.4, 0.5) is 5.69 Å². The van der Waals surface area contributed by atoms with Crippen LogP contribution in [0.5, 0.6) is 5.75 Å². The molecule has 1 amide bonds. The smallest absolute Gasteiger partial charge is 0.242 e. The van der Waals surface area contributed by atoms with Gasteiger partial charge in [0.25, 0.3) is 0 Å². The molecule has 0 fully saturated rings. The lowest BCUT2D eigenvalue weighted by atomic mass is 10.2. The summed E-state index contributed by atoms with van der Waals surface area (Å²) in [5, 5.41) is 7.19. The van der Waals surface area contributed by atoms with E-state index >= 15 is 0 Å². The Morgan fingerprint density at radius 3 is 2.88 bits per heavy atom. The van der Waals surface area contributed by atoms with Crippen LogP contribution in [0.1, 0.15) is 13.3 Å². The lowest BCUT2D eigenvalue weighted by Gasteiger charge is -2.18. The van der Waals surface area contributed by atoms with Crippen LogP contribution in [0.3, 0.4) is 0 Å². The summed E-state index contributed by atoms with van der Waals surface area (Å²) in [5.41, 5.74) is 0.874. The lowest BCUT2D eigenvalue weighted by molar-refractivity contribution is -0.121. The first-order valence-electron chi connectivity index (χ1n) is 7.95. The van der Waals surface area contributed by atoms with Crippen LogP contribution in [0.25, 0.3) is 0 Å². The molecule has 0 saturated carbocycles. The van der Waals surface area contributed by atoms with Crippen molar-refractivity contribution in [1.82, 2.24) is 10.3 Å². The molecule has 24 heavy (non-hydrogen) atoms. The molecule has 0 radical (unpaired) electrons. The summed E-state index contributed by atoms with van der Waals surface area (Å²) in [6.45, 7) is 2.59. The Bertz CT molecular complexity index is 637. The Kier molecular flexibility index (Phi) is 7.42. The number of hydrogen-bond acceptors (Lipinski definition) is 5. The fourth-order valence-corrected chi connectivity index (χ4v) is 2.88. The van der Waals surface area contributed by atoms with Crippen LogP contribution in [0.2, 0.25) is 0 Å². The number of amides is 1. The predicted octanol–water partition coefficient (Wildman–Crippen LogP) is 3.19. The second-order valence-electron chi connectivity index (χ2n) is 5.14. The molecule has 2 N–H and O–H groups in total. The summed E-state index contributed by atoms with van der Waals surface area (Å²) in [7, 11) is 1.63. The number of nitrogens with one attached hydrogen (secondary N) is 2. The van der Waals surface area contributed by atoms with E-state index < -0.39 is 0 Å². The SMILES string of the molecule is CC[C@H](Nc1cccc(OC)c1)C(=O)NCCSc1ccccn1. The monoisotopic (exact) mass is 345 g/mol. The van der Waals surface area contributed by atoms with Crippen molar-refractivity contribution in [1.29, 1.82) is 0 Å². The van der Waals surface area contributed by atoms with Gasteiger partial charge in [-0.1, -0.05) is 19.1 Å². The number of aromatic nitrogens is 1. The number of methoxy groups -OCH3 is 1. The molecule has 0 unspecified atom stereocenters. The van der Waals surface area contributed by atoms with E-state index in [0.717, 1.165) is 22.2 Å². The minimum atomic E-state index is -0.267. The van der Waals surface area contributed by atoms with E-state index in [1.165, 1.54) is 0 Å². The Labute approximate surface area is 147 Å². The maximum Gasteiger partial charge on any atom is 0.242 e. The Balaban J connectivity index is 1.78. The molecule has 1 aromatic carbocycles. The average molecular weight is 345 g/mol. The summed E-state index contributed by atoms with van der Waals surface area (Å²) >= 11 is 1.63. The van der Waals surface area contributed by atoms with Gasteiger partial charge in [0, 0.05) is 30.2 Å². The van der Waals surface area contributed by atoms with Gasteiger partial charge in [0.2, 0.25) is 5.91 Å². The van der Waals surface area contributed by atoms with Gasteiger partial charge in [0.1, 0.15) is 11.8 Å². The van der Waals surface area contributed by atoms with Gasteiger partial charge in [-0.15, -0.1) is 11.8 Å².